The molecule has 14 nitrogen and oxygen atoms in total. The maximum absolute atomic E-state index is 13.1. The van der Waals surface area contributed by atoms with Gasteiger partial charge in [0.2, 0.25) is 11.8 Å². The molecule has 3 aromatic rings. The van der Waals surface area contributed by atoms with Crippen LogP contribution in [0.4, 0.5) is 10.5 Å². The van der Waals surface area contributed by atoms with Crippen LogP contribution in [0.2, 0.25) is 5.02 Å². The van der Waals surface area contributed by atoms with Crippen LogP contribution in [0.25, 0.3) is 10.9 Å². The molecule has 0 saturated carbocycles. The zero-order chi connectivity index (χ0) is 41.3. The number of nitrogens with zero attached hydrogens (tertiary/aromatic N) is 2. The van der Waals surface area contributed by atoms with Gasteiger partial charge in [-0.3, -0.25) is 19.4 Å². The summed E-state index contributed by atoms with van der Waals surface area (Å²) in [6.45, 7) is 9.65. The first-order valence-corrected chi connectivity index (χ1v) is 21.9. The second kappa shape index (κ2) is 23.3. The van der Waals surface area contributed by atoms with E-state index in [1.165, 1.54) is 0 Å². The molecule has 16 heteroatoms. The summed E-state index contributed by atoms with van der Waals surface area (Å²) in [5.41, 5.74) is 3.00. The summed E-state index contributed by atoms with van der Waals surface area (Å²) in [6, 6.07) is 13.2. The van der Waals surface area contributed by atoms with Crippen LogP contribution in [-0.4, -0.2) is 111 Å². The van der Waals surface area contributed by atoms with Gasteiger partial charge in [0.25, 0.3) is 5.91 Å². The van der Waals surface area contributed by atoms with Crippen molar-refractivity contribution in [1.29, 1.82) is 0 Å². The van der Waals surface area contributed by atoms with Crippen LogP contribution in [0.5, 0.6) is 5.75 Å². The fraction of sp³-hybridized carbons (Fsp3) is 0.548. The minimum atomic E-state index is -0.610. The van der Waals surface area contributed by atoms with E-state index in [4.69, 9.17) is 25.8 Å². The Morgan fingerprint density at radius 2 is 1.66 bits per heavy atom. The van der Waals surface area contributed by atoms with Crippen LogP contribution in [0.15, 0.2) is 48.7 Å². The average Bonchev–Trinajstić information content (AvgIpc) is 3.78. The SMILES string of the molecule is CCCC(=O)NC(c1ccc(N(CC)CC)cc1)c1cc(Cl)c2cccnc2c1OCC(=O)NCCOCCOCCNC(=O)CCCCC1SCC2NC(=O)NC21. The highest BCUT2D eigenvalue weighted by atomic mass is 35.5. The number of halogens is 1. The monoisotopic (exact) mass is 839 g/mol. The van der Waals surface area contributed by atoms with E-state index in [0.29, 0.717) is 78.1 Å². The number of hydrogen-bond donors (Lipinski definition) is 5. The van der Waals surface area contributed by atoms with Gasteiger partial charge in [0.1, 0.15) is 5.52 Å². The summed E-state index contributed by atoms with van der Waals surface area (Å²) in [4.78, 5) is 56.6. The zero-order valence-electron chi connectivity index (χ0n) is 33.8. The highest BCUT2D eigenvalue weighted by Crippen LogP contribution is 2.40. The summed E-state index contributed by atoms with van der Waals surface area (Å²) < 4.78 is 17.4. The van der Waals surface area contributed by atoms with E-state index in [1.807, 2.05) is 49.0 Å². The van der Waals surface area contributed by atoms with Crippen molar-refractivity contribution in [2.75, 3.05) is 69.9 Å². The van der Waals surface area contributed by atoms with Gasteiger partial charge in [-0.2, -0.15) is 11.8 Å². The summed E-state index contributed by atoms with van der Waals surface area (Å²) in [7, 11) is 0. The van der Waals surface area contributed by atoms with Gasteiger partial charge in [0, 0.05) is 72.9 Å². The third kappa shape index (κ3) is 12.8. The van der Waals surface area contributed by atoms with Gasteiger partial charge in [-0.15, -0.1) is 0 Å². The number of aromatic nitrogens is 1. The van der Waals surface area contributed by atoms with E-state index in [0.717, 1.165) is 49.4 Å². The second-order valence-electron chi connectivity index (χ2n) is 14.3. The fourth-order valence-electron chi connectivity index (χ4n) is 7.23. The van der Waals surface area contributed by atoms with E-state index >= 15 is 0 Å². The van der Waals surface area contributed by atoms with Gasteiger partial charge in [-0.05, 0) is 69.0 Å². The maximum Gasteiger partial charge on any atom is 0.315 e. The number of carbonyl (C=O) groups is 4. The molecule has 5 rings (SSSR count). The summed E-state index contributed by atoms with van der Waals surface area (Å²) in [6.07, 6.45) is 5.87. The van der Waals surface area contributed by atoms with Gasteiger partial charge < -0.3 is 45.7 Å². The Bertz CT molecular complexity index is 1820. The van der Waals surface area contributed by atoms with Crippen LogP contribution >= 0.6 is 23.4 Å². The van der Waals surface area contributed by atoms with Gasteiger partial charge in [-0.25, -0.2) is 4.79 Å². The number of pyridine rings is 1. The minimum Gasteiger partial charge on any atom is -0.481 e. The van der Waals surface area contributed by atoms with Crippen molar-refractivity contribution < 1.29 is 33.4 Å². The average molecular weight is 840 g/mol. The molecule has 0 bridgehead atoms. The topological polar surface area (TPSA) is 172 Å². The van der Waals surface area contributed by atoms with E-state index in [-0.39, 0.29) is 55.6 Å². The fourth-order valence-corrected chi connectivity index (χ4v) is 9.04. The summed E-state index contributed by atoms with van der Waals surface area (Å²) in [5.74, 6) is 0.844. The first-order valence-electron chi connectivity index (χ1n) is 20.4. The lowest BCUT2D eigenvalue weighted by Gasteiger charge is -2.25. The molecule has 3 heterocycles. The summed E-state index contributed by atoms with van der Waals surface area (Å²) >= 11 is 8.68. The second-order valence-corrected chi connectivity index (χ2v) is 16.0. The molecule has 0 radical (unpaired) electrons. The zero-order valence-corrected chi connectivity index (χ0v) is 35.4. The minimum absolute atomic E-state index is 0.00310. The predicted molar refractivity (Wildman–Crippen MR) is 229 cm³/mol. The van der Waals surface area contributed by atoms with Gasteiger partial charge in [0.15, 0.2) is 12.4 Å². The molecule has 2 aliphatic rings. The smallest absolute Gasteiger partial charge is 0.315 e. The third-order valence-corrected chi connectivity index (χ3v) is 12.0. The molecule has 4 atom stereocenters. The lowest BCUT2D eigenvalue weighted by atomic mass is 9.95. The number of carbonyl (C=O) groups excluding carboxylic acids is 4. The Morgan fingerprint density at radius 3 is 2.36 bits per heavy atom. The molecular formula is C42H58ClN7O7S. The van der Waals surface area contributed by atoms with Crippen molar-refractivity contribution in [3.05, 3.63) is 64.8 Å². The maximum atomic E-state index is 13.1. The van der Waals surface area contributed by atoms with Crippen molar-refractivity contribution >= 4 is 63.7 Å². The Hall–Kier alpha value is -4.31. The molecule has 2 aromatic carbocycles. The number of benzene rings is 2. The summed E-state index contributed by atoms with van der Waals surface area (Å²) in [5, 5.41) is 16.4. The normalized spacial score (nSPS) is 17.6. The van der Waals surface area contributed by atoms with Crippen LogP contribution in [0.3, 0.4) is 0 Å². The molecule has 58 heavy (non-hydrogen) atoms. The molecule has 2 saturated heterocycles. The molecule has 5 N–H and O–H groups in total. The first-order chi connectivity index (χ1) is 28.2. The molecule has 1 aromatic heterocycles. The number of nitrogens with one attached hydrogen (secondary N) is 5. The van der Waals surface area contributed by atoms with Crippen molar-refractivity contribution in [3.63, 3.8) is 0 Å². The molecule has 4 unspecified atom stereocenters. The number of unbranched alkanes of at least 4 members (excludes halogenated alkanes) is 1. The number of rotatable bonds is 25. The van der Waals surface area contributed by atoms with E-state index in [2.05, 4.69) is 50.3 Å². The molecule has 316 valence electrons. The Morgan fingerprint density at radius 1 is 0.931 bits per heavy atom. The lowest BCUT2D eigenvalue weighted by molar-refractivity contribution is -0.123. The first kappa shape index (κ1) is 44.8. The number of hydrogen-bond acceptors (Lipinski definition) is 10. The van der Waals surface area contributed by atoms with Crippen LogP contribution in [0, 0.1) is 0 Å². The molecule has 5 amide bonds. The predicted octanol–water partition coefficient (Wildman–Crippen LogP) is 5.11. The third-order valence-electron chi connectivity index (χ3n) is 10.2. The highest BCUT2D eigenvalue weighted by molar-refractivity contribution is 8.00. The van der Waals surface area contributed by atoms with Crippen molar-refractivity contribution in [3.8, 4) is 5.75 Å². The lowest BCUT2D eigenvalue weighted by Crippen LogP contribution is -2.36. The number of thioether (sulfide) groups is 1. The largest absolute Gasteiger partial charge is 0.481 e. The quantitative estimate of drug-likeness (QED) is 0.0571. The number of fused-ring (bicyclic) bond motifs is 2. The highest BCUT2D eigenvalue weighted by Gasteiger charge is 2.42. The van der Waals surface area contributed by atoms with E-state index in [1.54, 1.807) is 18.3 Å². The Balaban J connectivity index is 1.03. The van der Waals surface area contributed by atoms with Crippen LogP contribution in [0.1, 0.15) is 76.5 Å². The van der Waals surface area contributed by atoms with Crippen molar-refractivity contribution in [1.82, 2.24) is 31.6 Å². The van der Waals surface area contributed by atoms with Crippen molar-refractivity contribution in [2.45, 2.75) is 82.7 Å². The molecule has 0 spiro atoms. The Kier molecular flexibility index (Phi) is 18.0. The molecule has 0 aliphatic carbocycles. The standard InChI is InChI=1S/C42H58ClN7O7S/c1-4-10-36(52)48-38(28-14-16-29(17-15-28)50(5-2)6-3)31-25-32(43)30-11-9-18-46-39(30)41(31)57-26-37(53)45-20-22-56-24-23-55-21-19-44-35(51)13-8-7-12-34-40-33(27-58-34)47-42(54)49-40/h9,11,14-18,25,33-34,38,40H,4-8,10,12-13,19-24,26-27H2,1-3H3,(H,44,51)(H,45,53)(H,48,52)(H2,47,49,54). The van der Waals surface area contributed by atoms with Crippen molar-refractivity contribution in [2.24, 2.45) is 0 Å². The van der Waals surface area contributed by atoms with Gasteiger partial charge in [-0.1, -0.05) is 37.1 Å². The van der Waals surface area contributed by atoms with Crippen LogP contribution in [-0.2, 0) is 23.9 Å². The number of urea groups is 1. The van der Waals surface area contributed by atoms with Gasteiger partial charge >= 0.3 is 6.03 Å². The molecule has 2 aliphatic heterocycles. The van der Waals surface area contributed by atoms with Crippen LogP contribution < -0.4 is 36.2 Å². The number of ether oxygens (including phenoxy) is 3. The number of anilines is 1. The molecule has 2 fully saturated rings. The van der Waals surface area contributed by atoms with E-state index < -0.39 is 6.04 Å². The molecular weight excluding hydrogens is 782 g/mol. The van der Waals surface area contributed by atoms with E-state index in [9.17, 15) is 19.2 Å². The number of amides is 5. The van der Waals surface area contributed by atoms with Gasteiger partial charge in [0.05, 0.1) is 49.6 Å². The Labute approximate surface area is 350 Å².